The number of ether oxygens (including phenoxy) is 1. The maximum atomic E-state index is 12.4. The molecule has 1 aliphatic rings. The third-order valence-corrected chi connectivity index (χ3v) is 4.54. The maximum Gasteiger partial charge on any atom is 0.329 e. The lowest BCUT2D eigenvalue weighted by Gasteiger charge is -2.17. The van der Waals surface area contributed by atoms with Crippen LogP contribution in [0.2, 0.25) is 0 Å². The van der Waals surface area contributed by atoms with Crippen LogP contribution in [0.5, 0.6) is 0 Å². The number of hydrogen-bond donors (Lipinski definition) is 2. The van der Waals surface area contributed by atoms with Crippen molar-refractivity contribution in [2.24, 2.45) is 0 Å². The van der Waals surface area contributed by atoms with E-state index in [4.69, 9.17) is 4.74 Å². The van der Waals surface area contributed by atoms with E-state index in [1.165, 1.54) is 4.90 Å². The Balaban J connectivity index is 1.61. The Hall–Kier alpha value is -2.94. The number of amides is 2. The van der Waals surface area contributed by atoms with Gasteiger partial charge in [-0.05, 0) is 25.0 Å². The molecule has 0 aliphatic carbocycles. The van der Waals surface area contributed by atoms with Crippen molar-refractivity contribution in [3.63, 3.8) is 0 Å². The monoisotopic (exact) mass is 374 g/mol. The van der Waals surface area contributed by atoms with Gasteiger partial charge in [-0.25, -0.2) is 4.79 Å². The van der Waals surface area contributed by atoms with Gasteiger partial charge in [-0.2, -0.15) is 0 Å². The lowest BCUT2D eigenvalue weighted by atomic mass is 10.2. The van der Waals surface area contributed by atoms with Gasteiger partial charge in [0.05, 0.1) is 17.0 Å². The molecule has 0 saturated carbocycles. The van der Waals surface area contributed by atoms with Crippen LogP contribution in [0.15, 0.2) is 33.9 Å². The number of benzene rings is 1. The highest BCUT2D eigenvalue weighted by molar-refractivity contribution is 5.81. The highest BCUT2D eigenvalue weighted by Crippen LogP contribution is 2.20. The smallest absolute Gasteiger partial charge is 0.329 e. The second kappa shape index (κ2) is 7.75. The summed E-state index contributed by atoms with van der Waals surface area (Å²) in [6, 6.07) is 6.63. The largest absolute Gasteiger partial charge is 0.363 e. The Morgan fingerprint density at radius 2 is 2.00 bits per heavy atom. The highest BCUT2D eigenvalue weighted by Gasteiger charge is 2.31. The van der Waals surface area contributed by atoms with Crippen LogP contribution in [-0.4, -0.2) is 59.1 Å². The minimum Gasteiger partial charge on any atom is -0.363 e. The zero-order chi connectivity index (χ0) is 19.6. The van der Waals surface area contributed by atoms with Gasteiger partial charge in [-0.1, -0.05) is 12.1 Å². The van der Waals surface area contributed by atoms with Gasteiger partial charge in [-0.15, -0.1) is 0 Å². The summed E-state index contributed by atoms with van der Waals surface area (Å²) in [6.07, 6.45) is 0.491. The summed E-state index contributed by atoms with van der Waals surface area (Å²) in [5, 5.41) is 3.00. The normalized spacial score (nSPS) is 19.2. The average molecular weight is 374 g/mol. The number of aromatic amines is 1. The number of fused-ring (bicyclic) bond motifs is 1. The Morgan fingerprint density at radius 3 is 2.74 bits per heavy atom. The van der Waals surface area contributed by atoms with E-state index in [1.807, 2.05) is 0 Å². The third kappa shape index (κ3) is 4.08. The SMILES string of the molecule is CN(C)C(=O)[C@@H]1CC[C@H](CNC(=O)Cn2c(=O)[nH]c3ccccc3c2=O)O1. The number of hydrogen-bond acceptors (Lipinski definition) is 5. The van der Waals surface area contributed by atoms with Crippen molar-refractivity contribution in [2.75, 3.05) is 20.6 Å². The van der Waals surface area contributed by atoms with Crippen LogP contribution in [0.4, 0.5) is 0 Å². The quantitative estimate of drug-likeness (QED) is 0.728. The van der Waals surface area contributed by atoms with Crippen LogP contribution in [0.25, 0.3) is 10.9 Å². The Labute approximate surface area is 154 Å². The first-order chi connectivity index (χ1) is 12.9. The summed E-state index contributed by atoms with van der Waals surface area (Å²) >= 11 is 0. The van der Waals surface area contributed by atoms with Crippen molar-refractivity contribution in [1.29, 1.82) is 0 Å². The summed E-state index contributed by atoms with van der Waals surface area (Å²) in [6.45, 7) is -0.165. The molecule has 0 bridgehead atoms. The lowest BCUT2D eigenvalue weighted by molar-refractivity contribution is -0.140. The molecule has 0 unspecified atom stereocenters. The summed E-state index contributed by atoms with van der Waals surface area (Å²) in [5.74, 6) is -0.568. The van der Waals surface area contributed by atoms with E-state index in [2.05, 4.69) is 10.3 Å². The van der Waals surface area contributed by atoms with E-state index in [0.717, 1.165) is 4.57 Å². The fourth-order valence-electron chi connectivity index (χ4n) is 3.10. The van der Waals surface area contributed by atoms with Gasteiger partial charge in [0.1, 0.15) is 12.6 Å². The zero-order valence-electron chi connectivity index (χ0n) is 15.2. The molecule has 1 saturated heterocycles. The zero-order valence-corrected chi connectivity index (χ0v) is 15.2. The predicted octanol–water partition coefficient (Wildman–Crippen LogP) is -0.558. The number of likely N-dealkylation sites (N-methyl/N-ethyl adjacent to an activating group) is 1. The number of rotatable bonds is 5. The number of carbonyl (C=O) groups is 2. The maximum absolute atomic E-state index is 12.4. The second-order valence-electron chi connectivity index (χ2n) is 6.73. The fourth-order valence-corrected chi connectivity index (χ4v) is 3.10. The van der Waals surface area contributed by atoms with Gasteiger partial charge in [-0.3, -0.25) is 19.0 Å². The fraction of sp³-hybridized carbons (Fsp3) is 0.444. The van der Waals surface area contributed by atoms with Crippen molar-refractivity contribution >= 4 is 22.7 Å². The molecule has 3 rings (SSSR count). The predicted molar refractivity (Wildman–Crippen MR) is 98.4 cm³/mol. The second-order valence-corrected chi connectivity index (χ2v) is 6.73. The molecule has 2 atom stereocenters. The van der Waals surface area contributed by atoms with Crippen LogP contribution in [0.3, 0.4) is 0 Å². The molecule has 2 heterocycles. The molecule has 2 aromatic rings. The van der Waals surface area contributed by atoms with Crippen molar-refractivity contribution in [3.8, 4) is 0 Å². The minimum atomic E-state index is -0.636. The molecular formula is C18H22N4O5. The van der Waals surface area contributed by atoms with Crippen molar-refractivity contribution < 1.29 is 14.3 Å². The molecule has 27 heavy (non-hydrogen) atoms. The number of carbonyl (C=O) groups excluding carboxylic acids is 2. The standard InChI is InChI=1S/C18H22N4O5/c1-21(2)17(25)14-8-7-11(27-14)9-19-15(23)10-22-16(24)12-5-3-4-6-13(12)20-18(22)26/h3-6,11,14H,7-10H2,1-2H3,(H,19,23)(H,20,26)/t11-,14+/m1/s1. The van der Waals surface area contributed by atoms with Gasteiger partial charge in [0.2, 0.25) is 5.91 Å². The van der Waals surface area contributed by atoms with Crippen molar-refractivity contribution in [3.05, 3.63) is 45.1 Å². The van der Waals surface area contributed by atoms with Gasteiger partial charge in [0.25, 0.3) is 11.5 Å². The Kier molecular flexibility index (Phi) is 5.41. The Bertz CT molecular complexity index is 978. The number of para-hydroxylation sites is 1. The molecule has 2 amide bonds. The van der Waals surface area contributed by atoms with Gasteiger partial charge in [0, 0.05) is 20.6 Å². The van der Waals surface area contributed by atoms with E-state index >= 15 is 0 Å². The Morgan fingerprint density at radius 1 is 1.26 bits per heavy atom. The average Bonchev–Trinajstić information content (AvgIpc) is 3.11. The van der Waals surface area contributed by atoms with E-state index in [0.29, 0.717) is 23.7 Å². The van der Waals surface area contributed by atoms with Crippen LogP contribution < -0.4 is 16.6 Å². The van der Waals surface area contributed by atoms with Crippen LogP contribution in [0, 0.1) is 0 Å². The molecule has 0 spiro atoms. The summed E-state index contributed by atoms with van der Waals surface area (Å²) in [4.78, 5) is 52.7. The molecular weight excluding hydrogens is 352 g/mol. The molecule has 9 nitrogen and oxygen atoms in total. The van der Waals surface area contributed by atoms with E-state index < -0.39 is 23.3 Å². The number of nitrogens with zero attached hydrogens (tertiary/aromatic N) is 2. The molecule has 1 aromatic heterocycles. The van der Waals surface area contributed by atoms with E-state index in [-0.39, 0.29) is 25.1 Å². The molecule has 1 aliphatic heterocycles. The van der Waals surface area contributed by atoms with Gasteiger partial charge < -0.3 is 19.9 Å². The van der Waals surface area contributed by atoms with Crippen LogP contribution >= 0.6 is 0 Å². The molecule has 0 radical (unpaired) electrons. The lowest BCUT2D eigenvalue weighted by Crippen LogP contribution is -2.42. The highest BCUT2D eigenvalue weighted by atomic mass is 16.5. The van der Waals surface area contributed by atoms with Crippen LogP contribution in [-0.2, 0) is 20.9 Å². The molecule has 1 aromatic carbocycles. The van der Waals surface area contributed by atoms with Crippen molar-refractivity contribution in [1.82, 2.24) is 19.8 Å². The first-order valence-corrected chi connectivity index (χ1v) is 8.72. The van der Waals surface area contributed by atoms with Crippen LogP contribution in [0.1, 0.15) is 12.8 Å². The first-order valence-electron chi connectivity index (χ1n) is 8.72. The van der Waals surface area contributed by atoms with E-state index in [9.17, 15) is 19.2 Å². The summed E-state index contributed by atoms with van der Waals surface area (Å²) in [7, 11) is 3.33. The van der Waals surface area contributed by atoms with E-state index in [1.54, 1.807) is 38.4 Å². The summed E-state index contributed by atoms with van der Waals surface area (Å²) in [5.41, 5.74) is -0.721. The first kappa shape index (κ1) is 18.8. The number of nitrogens with one attached hydrogen (secondary N) is 2. The molecule has 2 N–H and O–H groups in total. The molecule has 1 fully saturated rings. The number of aromatic nitrogens is 2. The van der Waals surface area contributed by atoms with Gasteiger partial charge >= 0.3 is 5.69 Å². The summed E-state index contributed by atoms with van der Waals surface area (Å²) < 4.78 is 6.51. The minimum absolute atomic E-state index is 0.0990. The third-order valence-electron chi connectivity index (χ3n) is 4.54. The number of H-pyrrole nitrogens is 1. The topological polar surface area (TPSA) is 113 Å². The van der Waals surface area contributed by atoms with Gasteiger partial charge in [0.15, 0.2) is 0 Å². The molecule has 9 heteroatoms. The van der Waals surface area contributed by atoms with Crippen molar-refractivity contribution in [2.45, 2.75) is 31.6 Å². The molecule has 144 valence electrons.